The highest BCUT2D eigenvalue weighted by atomic mass is 127. The first-order valence-electron chi connectivity index (χ1n) is 8.01. The lowest BCUT2D eigenvalue weighted by atomic mass is 10.3. The Morgan fingerprint density at radius 3 is 2.60 bits per heavy atom. The zero-order chi connectivity index (χ0) is 17.0. The van der Waals surface area contributed by atoms with Gasteiger partial charge in [0, 0.05) is 19.8 Å². The molecule has 5 nitrogen and oxygen atoms in total. The highest BCUT2D eigenvalue weighted by Crippen LogP contribution is 2.11. The molecule has 0 radical (unpaired) electrons. The normalized spacial score (nSPS) is 10.7. The molecule has 2 aromatic rings. The number of aromatic nitrogens is 1. The van der Waals surface area contributed by atoms with Crippen LogP contribution in [0.2, 0.25) is 0 Å². The number of unbranched alkanes of at least 4 members (excludes halogenated alkanes) is 1. The number of nitrogens with one attached hydrogen (secondary N) is 2. The molecular formula is C18H24FIN4O. The summed E-state index contributed by atoms with van der Waals surface area (Å²) in [6.45, 7) is 2.04. The molecule has 2 N–H and O–H groups in total. The summed E-state index contributed by atoms with van der Waals surface area (Å²) in [5.41, 5.74) is 0.966. The molecule has 1 aromatic carbocycles. The van der Waals surface area contributed by atoms with E-state index in [1.54, 1.807) is 25.4 Å². The Kier molecular flexibility index (Phi) is 10.5. The summed E-state index contributed by atoms with van der Waals surface area (Å²) in [6, 6.07) is 11.9. The van der Waals surface area contributed by atoms with Crippen LogP contribution in [0.25, 0.3) is 0 Å². The van der Waals surface area contributed by atoms with Gasteiger partial charge in [0.15, 0.2) is 5.96 Å². The predicted molar refractivity (Wildman–Crippen MR) is 109 cm³/mol. The largest absolute Gasteiger partial charge is 0.494 e. The molecule has 7 heteroatoms. The van der Waals surface area contributed by atoms with E-state index in [-0.39, 0.29) is 29.8 Å². The first-order chi connectivity index (χ1) is 11.8. The van der Waals surface area contributed by atoms with Crippen LogP contribution in [0.4, 0.5) is 4.39 Å². The van der Waals surface area contributed by atoms with Gasteiger partial charge in [0.25, 0.3) is 0 Å². The van der Waals surface area contributed by atoms with Crippen molar-refractivity contribution in [2.75, 3.05) is 20.2 Å². The number of guanidine groups is 1. The van der Waals surface area contributed by atoms with Gasteiger partial charge in [-0.3, -0.25) is 9.98 Å². The van der Waals surface area contributed by atoms with E-state index < -0.39 is 0 Å². The van der Waals surface area contributed by atoms with E-state index >= 15 is 0 Å². The van der Waals surface area contributed by atoms with Crippen LogP contribution >= 0.6 is 24.0 Å². The third kappa shape index (κ3) is 8.67. The third-order valence-electron chi connectivity index (χ3n) is 3.33. The molecular weight excluding hydrogens is 434 g/mol. The highest BCUT2D eigenvalue weighted by molar-refractivity contribution is 14.0. The lowest BCUT2D eigenvalue weighted by Crippen LogP contribution is -2.37. The molecule has 25 heavy (non-hydrogen) atoms. The summed E-state index contributed by atoms with van der Waals surface area (Å²) in [5, 5.41) is 6.47. The topological polar surface area (TPSA) is 58.5 Å². The summed E-state index contributed by atoms with van der Waals surface area (Å²) in [5.74, 6) is 1.19. The monoisotopic (exact) mass is 458 g/mol. The second-order valence-electron chi connectivity index (χ2n) is 5.18. The summed E-state index contributed by atoms with van der Waals surface area (Å²) >= 11 is 0. The van der Waals surface area contributed by atoms with Crippen LogP contribution in [0.5, 0.6) is 5.75 Å². The molecule has 1 aromatic heterocycles. The van der Waals surface area contributed by atoms with Gasteiger partial charge in [-0.15, -0.1) is 24.0 Å². The third-order valence-corrected chi connectivity index (χ3v) is 3.33. The van der Waals surface area contributed by atoms with E-state index in [1.807, 2.05) is 18.2 Å². The van der Waals surface area contributed by atoms with E-state index in [2.05, 4.69) is 20.6 Å². The Morgan fingerprint density at radius 1 is 1.12 bits per heavy atom. The molecule has 0 aliphatic carbocycles. The molecule has 0 amide bonds. The smallest absolute Gasteiger partial charge is 0.191 e. The van der Waals surface area contributed by atoms with E-state index in [0.717, 1.165) is 31.0 Å². The molecule has 0 spiro atoms. The SMILES string of the molecule is CN=C(NCCCCOc1ccc(F)cc1)NCc1ccccn1.I. The van der Waals surface area contributed by atoms with Crippen LogP contribution in [-0.4, -0.2) is 31.1 Å². The van der Waals surface area contributed by atoms with Gasteiger partial charge in [0.05, 0.1) is 18.8 Å². The van der Waals surface area contributed by atoms with Gasteiger partial charge < -0.3 is 15.4 Å². The Balaban J connectivity index is 0.00000312. The summed E-state index contributed by atoms with van der Waals surface area (Å²) < 4.78 is 18.3. The van der Waals surface area contributed by atoms with Crippen molar-refractivity contribution in [1.29, 1.82) is 0 Å². The van der Waals surface area contributed by atoms with Crippen LogP contribution in [0, 0.1) is 5.82 Å². The molecule has 0 aliphatic heterocycles. The second-order valence-corrected chi connectivity index (χ2v) is 5.18. The molecule has 136 valence electrons. The Bertz CT molecular complexity index is 623. The number of hydrogen-bond acceptors (Lipinski definition) is 3. The minimum atomic E-state index is -0.254. The molecule has 0 bridgehead atoms. The van der Waals surface area contributed by atoms with E-state index in [4.69, 9.17) is 4.74 Å². The second kappa shape index (κ2) is 12.5. The van der Waals surface area contributed by atoms with Crippen LogP contribution in [0.15, 0.2) is 53.7 Å². The fourth-order valence-electron chi connectivity index (χ4n) is 2.05. The van der Waals surface area contributed by atoms with Gasteiger partial charge in [-0.05, 0) is 49.2 Å². The number of aliphatic imine (C=N–C) groups is 1. The Hall–Kier alpha value is -1.90. The maximum Gasteiger partial charge on any atom is 0.191 e. The number of nitrogens with zero attached hydrogens (tertiary/aromatic N) is 2. The molecule has 0 fully saturated rings. The lowest BCUT2D eigenvalue weighted by Gasteiger charge is -2.11. The van der Waals surface area contributed by atoms with Crippen molar-refractivity contribution in [1.82, 2.24) is 15.6 Å². The molecule has 0 unspecified atom stereocenters. The standard InChI is InChI=1S/C18H23FN4O.HI/c1-20-18(23-14-16-6-2-3-11-21-16)22-12-4-5-13-24-17-9-7-15(19)8-10-17;/h2-3,6-11H,4-5,12-14H2,1H3,(H2,20,22,23);1H. The molecule has 0 aliphatic rings. The van der Waals surface area contributed by atoms with Crippen molar-refractivity contribution in [3.05, 3.63) is 60.2 Å². The van der Waals surface area contributed by atoms with Gasteiger partial charge in [-0.2, -0.15) is 0 Å². The average Bonchev–Trinajstić information content (AvgIpc) is 2.63. The Labute approximate surface area is 165 Å². The van der Waals surface area contributed by atoms with Crippen molar-refractivity contribution < 1.29 is 9.13 Å². The van der Waals surface area contributed by atoms with Crippen molar-refractivity contribution in [2.24, 2.45) is 4.99 Å². The Morgan fingerprint density at radius 2 is 1.92 bits per heavy atom. The fourth-order valence-corrected chi connectivity index (χ4v) is 2.05. The molecule has 0 saturated carbocycles. The molecule has 1 heterocycles. The van der Waals surface area contributed by atoms with E-state index in [9.17, 15) is 4.39 Å². The maximum atomic E-state index is 12.8. The number of halogens is 2. The zero-order valence-corrected chi connectivity index (χ0v) is 16.6. The van der Waals surface area contributed by atoms with E-state index in [1.165, 1.54) is 12.1 Å². The van der Waals surface area contributed by atoms with Crippen LogP contribution in [0.1, 0.15) is 18.5 Å². The lowest BCUT2D eigenvalue weighted by molar-refractivity contribution is 0.306. The van der Waals surface area contributed by atoms with Crippen molar-refractivity contribution in [3.8, 4) is 5.75 Å². The fraction of sp³-hybridized carbons (Fsp3) is 0.333. The number of ether oxygens (including phenoxy) is 1. The van der Waals surface area contributed by atoms with Crippen molar-refractivity contribution in [2.45, 2.75) is 19.4 Å². The molecule has 0 atom stereocenters. The number of rotatable bonds is 8. The van der Waals surface area contributed by atoms with Gasteiger partial charge >= 0.3 is 0 Å². The van der Waals surface area contributed by atoms with Crippen molar-refractivity contribution >= 4 is 29.9 Å². The van der Waals surface area contributed by atoms with Gasteiger partial charge in [0.1, 0.15) is 11.6 Å². The van der Waals surface area contributed by atoms with Crippen LogP contribution in [-0.2, 0) is 6.54 Å². The average molecular weight is 458 g/mol. The summed E-state index contributed by atoms with van der Waals surface area (Å²) in [6.07, 6.45) is 3.63. The minimum absolute atomic E-state index is 0. The first-order valence-corrected chi connectivity index (χ1v) is 8.01. The zero-order valence-electron chi connectivity index (χ0n) is 14.2. The minimum Gasteiger partial charge on any atom is -0.494 e. The highest BCUT2D eigenvalue weighted by Gasteiger charge is 1.99. The van der Waals surface area contributed by atoms with Gasteiger partial charge in [-0.25, -0.2) is 4.39 Å². The van der Waals surface area contributed by atoms with Crippen molar-refractivity contribution in [3.63, 3.8) is 0 Å². The maximum absolute atomic E-state index is 12.8. The van der Waals surface area contributed by atoms with E-state index in [0.29, 0.717) is 18.9 Å². The molecule has 0 saturated heterocycles. The summed E-state index contributed by atoms with van der Waals surface area (Å²) in [4.78, 5) is 8.43. The van der Waals surface area contributed by atoms with Gasteiger partial charge in [0.2, 0.25) is 0 Å². The number of benzene rings is 1. The van der Waals surface area contributed by atoms with Crippen LogP contribution in [0.3, 0.4) is 0 Å². The number of hydrogen-bond donors (Lipinski definition) is 2. The van der Waals surface area contributed by atoms with Gasteiger partial charge in [-0.1, -0.05) is 6.07 Å². The van der Waals surface area contributed by atoms with Crippen LogP contribution < -0.4 is 15.4 Å². The summed E-state index contributed by atoms with van der Waals surface area (Å²) in [7, 11) is 1.74. The predicted octanol–water partition coefficient (Wildman–Crippen LogP) is 3.36. The molecule has 2 rings (SSSR count). The number of pyridine rings is 1. The first kappa shape index (κ1) is 21.1. The quantitative estimate of drug-likeness (QED) is 0.276.